The van der Waals surface area contributed by atoms with Crippen LogP contribution in [-0.2, 0) is 0 Å². The average molecular weight is 190 g/mol. The summed E-state index contributed by atoms with van der Waals surface area (Å²) in [7, 11) is 0. The van der Waals surface area contributed by atoms with Gasteiger partial charge in [0, 0.05) is 0 Å². The van der Waals surface area contributed by atoms with Gasteiger partial charge in [0.15, 0.2) is 0 Å². The van der Waals surface area contributed by atoms with Gasteiger partial charge in [0.25, 0.3) is 0 Å². The van der Waals surface area contributed by atoms with Gasteiger partial charge in [-0.25, -0.2) is 0 Å². The molecule has 0 radical (unpaired) electrons. The predicted molar refractivity (Wildman–Crippen MR) is 54.7 cm³/mol. The molecule has 74 valence electrons. The topological polar surface area (TPSA) is 40.5 Å². The molecule has 0 aliphatic heterocycles. The standard InChI is InChI=1S/C12H14O2/c13-11-8-4-7-10(11)12(14)9-5-2-1-3-6-9/h1-3,5-7,11-14H,4,8H2. The fourth-order valence-corrected chi connectivity index (χ4v) is 1.83. The lowest BCUT2D eigenvalue weighted by Gasteiger charge is -2.15. The number of hydrogen-bond donors (Lipinski definition) is 2. The Kier molecular flexibility index (Phi) is 2.66. The highest BCUT2D eigenvalue weighted by molar-refractivity contribution is 5.29. The van der Waals surface area contributed by atoms with Gasteiger partial charge in [0.1, 0.15) is 6.10 Å². The van der Waals surface area contributed by atoms with Gasteiger partial charge in [-0.1, -0.05) is 36.4 Å². The lowest BCUT2D eigenvalue weighted by molar-refractivity contribution is 0.148. The van der Waals surface area contributed by atoms with Crippen LogP contribution in [0.2, 0.25) is 0 Å². The van der Waals surface area contributed by atoms with Gasteiger partial charge in [0.2, 0.25) is 0 Å². The Morgan fingerprint density at radius 1 is 1.21 bits per heavy atom. The number of aliphatic hydroxyl groups excluding tert-OH is 2. The molecule has 1 aliphatic rings. The van der Waals surface area contributed by atoms with Gasteiger partial charge in [-0.2, -0.15) is 0 Å². The van der Waals surface area contributed by atoms with E-state index in [1.807, 2.05) is 36.4 Å². The number of aliphatic hydroxyl groups is 2. The van der Waals surface area contributed by atoms with E-state index < -0.39 is 12.2 Å². The van der Waals surface area contributed by atoms with Crippen molar-refractivity contribution in [1.29, 1.82) is 0 Å². The molecule has 1 aromatic carbocycles. The van der Waals surface area contributed by atoms with Crippen molar-refractivity contribution in [2.75, 3.05) is 0 Å². The second kappa shape index (κ2) is 3.95. The van der Waals surface area contributed by atoms with Crippen LogP contribution >= 0.6 is 0 Å². The molecule has 0 heterocycles. The quantitative estimate of drug-likeness (QED) is 0.698. The summed E-state index contributed by atoms with van der Waals surface area (Å²) in [4.78, 5) is 0. The van der Waals surface area contributed by atoms with Crippen LogP contribution in [0.1, 0.15) is 24.5 Å². The Morgan fingerprint density at radius 2 is 1.93 bits per heavy atom. The number of benzene rings is 1. The summed E-state index contributed by atoms with van der Waals surface area (Å²) in [6, 6.07) is 9.43. The van der Waals surface area contributed by atoms with Crippen molar-refractivity contribution in [3.63, 3.8) is 0 Å². The number of allylic oxidation sites excluding steroid dienone is 1. The first-order chi connectivity index (χ1) is 6.79. The van der Waals surface area contributed by atoms with E-state index in [0.717, 1.165) is 24.0 Å². The van der Waals surface area contributed by atoms with Gasteiger partial charge in [-0.05, 0) is 24.0 Å². The first kappa shape index (κ1) is 9.44. The fourth-order valence-electron chi connectivity index (χ4n) is 1.83. The minimum absolute atomic E-state index is 0.467. The predicted octanol–water partition coefficient (Wildman–Crippen LogP) is 1.80. The zero-order valence-corrected chi connectivity index (χ0v) is 7.93. The van der Waals surface area contributed by atoms with Crippen molar-refractivity contribution in [1.82, 2.24) is 0 Å². The summed E-state index contributed by atoms with van der Waals surface area (Å²) in [6.45, 7) is 0. The lowest BCUT2D eigenvalue weighted by atomic mass is 10.00. The molecule has 0 fully saturated rings. The van der Waals surface area contributed by atoms with Crippen molar-refractivity contribution in [2.45, 2.75) is 25.0 Å². The van der Waals surface area contributed by atoms with Crippen LogP contribution in [0.3, 0.4) is 0 Å². The van der Waals surface area contributed by atoms with Crippen molar-refractivity contribution in [3.05, 3.63) is 47.5 Å². The molecule has 0 bridgehead atoms. The Balaban J connectivity index is 2.20. The molecular weight excluding hydrogens is 176 g/mol. The normalized spacial score (nSPS) is 23.3. The second-order valence-corrected chi connectivity index (χ2v) is 3.61. The average Bonchev–Trinajstić information content (AvgIpc) is 2.65. The van der Waals surface area contributed by atoms with E-state index in [0.29, 0.717) is 0 Å². The smallest absolute Gasteiger partial charge is 0.103 e. The minimum Gasteiger partial charge on any atom is -0.389 e. The third kappa shape index (κ3) is 1.72. The molecule has 1 aliphatic carbocycles. The summed E-state index contributed by atoms with van der Waals surface area (Å²) in [6.07, 6.45) is 2.42. The molecule has 0 aromatic heterocycles. The highest BCUT2D eigenvalue weighted by atomic mass is 16.3. The maximum Gasteiger partial charge on any atom is 0.103 e. The number of rotatable bonds is 2. The summed E-state index contributed by atoms with van der Waals surface area (Å²) < 4.78 is 0. The van der Waals surface area contributed by atoms with Gasteiger partial charge < -0.3 is 10.2 Å². The Labute approximate surface area is 83.5 Å². The van der Waals surface area contributed by atoms with E-state index in [-0.39, 0.29) is 0 Å². The van der Waals surface area contributed by atoms with Crippen molar-refractivity contribution in [2.24, 2.45) is 0 Å². The van der Waals surface area contributed by atoms with Crippen LogP contribution in [0.4, 0.5) is 0 Å². The third-order valence-corrected chi connectivity index (χ3v) is 2.64. The Hall–Kier alpha value is -1.12. The zero-order valence-electron chi connectivity index (χ0n) is 7.93. The Bertz CT molecular complexity index is 329. The summed E-state index contributed by atoms with van der Waals surface area (Å²) in [5.74, 6) is 0. The van der Waals surface area contributed by atoms with Crippen molar-refractivity contribution < 1.29 is 10.2 Å². The van der Waals surface area contributed by atoms with Crippen LogP contribution in [0.25, 0.3) is 0 Å². The van der Waals surface area contributed by atoms with Crippen molar-refractivity contribution >= 4 is 0 Å². The molecule has 1 aromatic rings. The molecular formula is C12H14O2. The first-order valence-corrected chi connectivity index (χ1v) is 4.90. The highest BCUT2D eigenvalue weighted by Crippen LogP contribution is 2.30. The highest BCUT2D eigenvalue weighted by Gasteiger charge is 2.23. The molecule has 2 rings (SSSR count). The molecule has 14 heavy (non-hydrogen) atoms. The zero-order chi connectivity index (χ0) is 9.97. The number of hydrogen-bond acceptors (Lipinski definition) is 2. The van der Waals surface area contributed by atoms with E-state index in [9.17, 15) is 10.2 Å². The summed E-state index contributed by atoms with van der Waals surface area (Å²) >= 11 is 0. The van der Waals surface area contributed by atoms with Crippen LogP contribution in [-0.4, -0.2) is 16.3 Å². The molecule has 0 spiro atoms. The van der Waals surface area contributed by atoms with Gasteiger partial charge in [0.05, 0.1) is 6.10 Å². The third-order valence-electron chi connectivity index (χ3n) is 2.64. The van der Waals surface area contributed by atoms with E-state index in [4.69, 9.17) is 0 Å². The van der Waals surface area contributed by atoms with E-state index in [1.54, 1.807) is 0 Å². The molecule has 0 amide bonds. The monoisotopic (exact) mass is 190 g/mol. The minimum atomic E-state index is -0.645. The van der Waals surface area contributed by atoms with Crippen molar-refractivity contribution in [3.8, 4) is 0 Å². The molecule has 2 heteroatoms. The lowest BCUT2D eigenvalue weighted by Crippen LogP contribution is -2.12. The maximum absolute atomic E-state index is 9.96. The molecule has 0 saturated heterocycles. The molecule has 2 unspecified atom stereocenters. The molecule has 0 saturated carbocycles. The van der Waals surface area contributed by atoms with Crippen LogP contribution in [0, 0.1) is 0 Å². The first-order valence-electron chi connectivity index (χ1n) is 4.90. The van der Waals surface area contributed by atoms with E-state index in [1.165, 1.54) is 0 Å². The van der Waals surface area contributed by atoms with Crippen LogP contribution < -0.4 is 0 Å². The summed E-state index contributed by atoms with van der Waals surface area (Å²) in [5, 5.41) is 19.6. The van der Waals surface area contributed by atoms with Gasteiger partial charge in [-0.3, -0.25) is 0 Å². The molecule has 2 nitrogen and oxygen atoms in total. The summed E-state index contributed by atoms with van der Waals surface area (Å²) in [5.41, 5.74) is 1.59. The van der Waals surface area contributed by atoms with E-state index >= 15 is 0 Å². The van der Waals surface area contributed by atoms with Crippen LogP contribution in [0.15, 0.2) is 42.0 Å². The molecule has 2 atom stereocenters. The maximum atomic E-state index is 9.96. The fraction of sp³-hybridized carbons (Fsp3) is 0.333. The van der Waals surface area contributed by atoms with E-state index in [2.05, 4.69) is 0 Å². The largest absolute Gasteiger partial charge is 0.389 e. The molecule has 2 N–H and O–H groups in total. The second-order valence-electron chi connectivity index (χ2n) is 3.61. The van der Waals surface area contributed by atoms with Gasteiger partial charge in [-0.15, -0.1) is 0 Å². The van der Waals surface area contributed by atoms with Gasteiger partial charge >= 0.3 is 0 Å². The SMILES string of the molecule is OC1CCC=C1C(O)c1ccccc1. The Morgan fingerprint density at radius 3 is 2.50 bits per heavy atom. The van der Waals surface area contributed by atoms with Crippen LogP contribution in [0.5, 0.6) is 0 Å².